The van der Waals surface area contributed by atoms with Crippen molar-refractivity contribution in [2.24, 2.45) is 0 Å². The van der Waals surface area contributed by atoms with Gasteiger partial charge < -0.3 is 0 Å². The summed E-state index contributed by atoms with van der Waals surface area (Å²) >= 11 is 1.50. The van der Waals surface area contributed by atoms with Crippen LogP contribution in [0.25, 0.3) is 0 Å². The molecule has 0 rings (SSSR count). The van der Waals surface area contributed by atoms with Crippen molar-refractivity contribution in [1.82, 2.24) is 0 Å². The monoisotopic (exact) mass is 321 g/mol. The van der Waals surface area contributed by atoms with E-state index < -0.39 is 0 Å². The summed E-state index contributed by atoms with van der Waals surface area (Å²) in [4.78, 5) is 0. The van der Waals surface area contributed by atoms with Gasteiger partial charge in [0.25, 0.3) is 0 Å². The summed E-state index contributed by atoms with van der Waals surface area (Å²) in [6.45, 7) is 13.7. The van der Waals surface area contributed by atoms with Crippen LogP contribution in [0.3, 0.4) is 0 Å². The van der Waals surface area contributed by atoms with Crippen molar-refractivity contribution < 1.29 is 19.4 Å². The van der Waals surface area contributed by atoms with Gasteiger partial charge in [-0.15, -0.1) is 0 Å². The van der Waals surface area contributed by atoms with Crippen LogP contribution in [-0.2, 0) is 19.4 Å². The topological polar surface area (TPSA) is 0 Å². The molecule has 0 aliphatic rings. The van der Waals surface area contributed by atoms with Gasteiger partial charge in [0.1, 0.15) is 0 Å². The van der Waals surface area contributed by atoms with Gasteiger partial charge in [0.05, 0.1) is 0 Å². The van der Waals surface area contributed by atoms with Crippen LogP contribution in [0.1, 0.15) is 34.1 Å². The van der Waals surface area contributed by atoms with Gasteiger partial charge in [-0.25, -0.2) is 0 Å². The Balaban J connectivity index is 0. The van der Waals surface area contributed by atoms with Crippen LogP contribution >= 0.6 is 0 Å². The Morgan fingerprint density at radius 1 is 1.36 bits per heavy atom. The molecule has 0 spiro atoms. The Kier molecular flexibility index (Phi) is 12.4. The van der Waals surface area contributed by atoms with Crippen LogP contribution in [0.4, 0.5) is 0 Å². The number of hydrogen-bond donors (Lipinski definition) is 0. The summed E-state index contributed by atoms with van der Waals surface area (Å²) < 4.78 is 1.37. The second kappa shape index (κ2) is 10.0. The fourth-order valence-electron chi connectivity index (χ4n) is 0.342. The predicted molar refractivity (Wildman–Crippen MR) is 49.3 cm³/mol. The van der Waals surface area contributed by atoms with Crippen LogP contribution in [0, 0.1) is 6.58 Å². The Hall–Kier alpha value is 0.0383. The Morgan fingerprint density at radius 2 is 1.82 bits per heavy atom. The van der Waals surface area contributed by atoms with E-state index in [2.05, 4.69) is 19.9 Å². The molecule has 0 aromatic carbocycles. The fraction of sp³-hybridized carbons (Fsp3) is 0.500. The summed E-state index contributed by atoms with van der Waals surface area (Å²) in [5, 5.41) is 0. The molecule has 0 unspecified atom stereocenters. The molecule has 0 aliphatic heterocycles. The van der Waals surface area contributed by atoms with Gasteiger partial charge in [0.2, 0.25) is 0 Å². The average molecular weight is 321 g/mol. The Bertz CT molecular complexity index is 143. The molecular formula is C10H17W-. The zero-order chi connectivity index (χ0) is 9.28. The van der Waals surface area contributed by atoms with Crippen LogP contribution in [0.15, 0.2) is 17.7 Å². The van der Waals surface area contributed by atoms with E-state index in [1.807, 2.05) is 19.9 Å². The molecule has 0 amide bonds. The summed E-state index contributed by atoms with van der Waals surface area (Å²) in [5.41, 5.74) is 0.954. The molecule has 0 aromatic rings. The molecule has 0 fully saturated rings. The average Bonchev–Trinajstić information content (AvgIpc) is 2.04. The van der Waals surface area contributed by atoms with Crippen LogP contribution < -0.4 is 0 Å². The first kappa shape index (κ1) is 13.6. The van der Waals surface area contributed by atoms with Gasteiger partial charge >= 0.3 is 67.8 Å². The van der Waals surface area contributed by atoms with Gasteiger partial charge in [-0.1, -0.05) is 13.8 Å². The molecule has 0 heterocycles. The van der Waals surface area contributed by atoms with Crippen molar-refractivity contribution in [3.63, 3.8) is 0 Å². The van der Waals surface area contributed by atoms with Crippen molar-refractivity contribution in [1.29, 1.82) is 0 Å². The van der Waals surface area contributed by atoms with Gasteiger partial charge in [-0.05, 0) is 0 Å². The molecule has 0 aliphatic carbocycles. The third kappa shape index (κ3) is 13.1. The molecule has 0 radical (unpaired) electrons. The van der Waals surface area contributed by atoms with E-state index in [1.165, 1.54) is 23.3 Å². The Labute approximate surface area is 81.8 Å². The van der Waals surface area contributed by atoms with Gasteiger partial charge in [0.15, 0.2) is 0 Å². The van der Waals surface area contributed by atoms with Crippen molar-refractivity contribution in [2.75, 3.05) is 0 Å². The van der Waals surface area contributed by atoms with E-state index in [0.29, 0.717) is 0 Å². The third-order valence-electron chi connectivity index (χ3n) is 0.940. The van der Waals surface area contributed by atoms with E-state index in [1.54, 1.807) is 0 Å². The van der Waals surface area contributed by atoms with E-state index in [0.717, 1.165) is 12.0 Å². The molecule has 1 heteroatoms. The maximum absolute atomic E-state index is 5.55. The molecular weight excluding hydrogens is 304 g/mol. The molecule has 0 saturated heterocycles. The number of hydrogen-bond acceptors (Lipinski definition) is 0. The fourth-order valence-corrected chi connectivity index (χ4v) is 0.587. The van der Waals surface area contributed by atoms with Crippen LogP contribution in [0.5, 0.6) is 0 Å². The first-order valence-corrected chi connectivity index (χ1v) is 5.43. The normalized spacial score (nSPS) is 8.73. The minimum atomic E-state index is 0.944. The zero-order valence-electron chi connectivity index (χ0n) is 7.85. The number of rotatable bonds is 3. The van der Waals surface area contributed by atoms with Gasteiger partial charge in [-0.2, -0.15) is 0 Å². The molecule has 0 nitrogen and oxygen atoms in total. The van der Waals surface area contributed by atoms with Crippen molar-refractivity contribution in [3.8, 4) is 0 Å². The maximum atomic E-state index is 5.55. The van der Waals surface area contributed by atoms with E-state index in [9.17, 15) is 0 Å². The van der Waals surface area contributed by atoms with Crippen molar-refractivity contribution in [2.45, 2.75) is 34.1 Å². The SMILES string of the molecule is CC.[CH-]=C(C=C[C](C)=[W])CC. The first-order chi connectivity index (χ1) is 5.16. The van der Waals surface area contributed by atoms with Crippen molar-refractivity contribution in [3.05, 3.63) is 24.3 Å². The molecule has 11 heavy (non-hydrogen) atoms. The zero-order valence-corrected chi connectivity index (χ0v) is 10.8. The molecule has 0 saturated carbocycles. The summed E-state index contributed by atoms with van der Waals surface area (Å²) in [7, 11) is 0. The summed E-state index contributed by atoms with van der Waals surface area (Å²) in [6, 6.07) is 0. The molecule has 0 N–H and O–H groups in total. The molecule has 0 atom stereocenters. The standard InChI is InChI=1S/C8H11.C2H6.W/c1-4-6-7-8(3)5-2;1-2;/h3,6-7H,5H2,1-2H3;1-2H3;/q-1;;. The van der Waals surface area contributed by atoms with E-state index in [4.69, 9.17) is 6.58 Å². The van der Waals surface area contributed by atoms with Crippen molar-refractivity contribution >= 4 is 3.90 Å². The van der Waals surface area contributed by atoms with E-state index >= 15 is 0 Å². The summed E-state index contributed by atoms with van der Waals surface area (Å²) in [5.74, 6) is 0. The van der Waals surface area contributed by atoms with Gasteiger partial charge in [0, 0.05) is 0 Å². The minimum absolute atomic E-state index is 0.944. The predicted octanol–water partition coefficient (Wildman–Crippen LogP) is 3.08. The second-order valence-corrected chi connectivity index (χ2v) is 4.19. The quantitative estimate of drug-likeness (QED) is 0.554. The molecule has 64 valence electrons. The second-order valence-electron chi connectivity index (χ2n) is 1.87. The van der Waals surface area contributed by atoms with Crippen LogP contribution in [0.2, 0.25) is 0 Å². The molecule has 0 aromatic heterocycles. The molecule has 0 bridgehead atoms. The third-order valence-corrected chi connectivity index (χ3v) is 1.43. The van der Waals surface area contributed by atoms with E-state index in [-0.39, 0.29) is 0 Å². The Morgan fingerprint density at radius 3 is 2.09 bits per heavy atom. The first-order valence-electron chi connectivity index (χ1n) is 3.96. The summed E-state index contributed by atoms with van der Waals surface area (Å²) in [6.07, 6.45) is 4.98. The number of allylic oxidation sites excluding steroid dienone is 3. The van der Waals surface area contributed by atoms with Crippen LogP contribution in [-0.4, -0.2) is 3.90 Å². The van der Waals surface area contributed by atoms with Gasteiger partial charge in [-0.3, -0.25) is 0 Å².